The zero-order chi connectivity index (χ0) is 11.3. The van der Waals surface area contributed by atoms with Crippen molar-refractivity contribution < 1.29 is 4.74 Å². The first-order valence-corrected chi connectivity index (χ1v) is 5.06. The van der Waals surface area contributed by atoms with Gasteiger partial charge in [-0.2, -0.15) is 5.10 Å². The van der Waals surface area contributed by atoms with E-state index < -0.39 is 0 Å². The molecule has 0 unspecified atom stereocenters. The van der Waals surface area contributed by atoms with Crippen LogP contribution in [-0.4, -0.2) is 25.9 Å². The molecule has 0 atom stereocenters. The van der Waals surface area contributed by atoms with Crippen molar-refractivity contribution in [2.75, 3.05) is 14.2 Å². The Labute approximate surface area is 91.4 Å². The minimum absolute atomic E-state index is 0.881. The number of hydrazone groups is 1. The first-order chi connectivity index (χ1) is 7.21. The molecular formula is C12H18N2O. The lowest BCUT2D eigenvalue weighted by atomic mass is 9.99. The summed E-state index contributed by atoms with van der Waals surface area (Å²) in [6, 6.07) is 0. The molecule has 0 N–H and O–H groups in total. The summed E-state index contributed by atoms with van der Waals surface area (Å²) >= 11 is 0. The lowest BCUT2D eigenvalue weighted by Crippen LogP contribution is -2.04. The molecular weight excluding hydrogens is 188 g/mol. The Morgan fingerprint density at radius 2 is 2.40 bits per heavy atom. The Bertz CT molecular complexity index is 327. The van der Waals surface area contributed by atoms with E-state index in [0.717, 1.165) is 18.6 Å². The molecule has 0 bridgehead atoms. The second-order valence-corrected chi connectivity index (χ2v) is 3.42. The molecule has 0 fully saturated rings. The predicted molar refractivity (Wildman–Crippen MR) is 63.5 cm³/mol. The van der Waals surface area contributed by atoms with Crippen LogP contribution in [0.5, 0.6) is 0 Å². The van der Waals surface area contributed by atoms with Gasteiger partial charge in [-0.05, 0) is 30.1 Å². The molecule has 0 spiro atoms. The third-order valence-corrected chi connectivity index (χ3v) is 2.38. The summed E-state index contributed by atoms with van der Waals surface area (Å²) in [5.41, 5.74) is 2.45. The Balaban J connectivity index is 2.84. The molecule has 3 heteroatoms. The molecule has 0 aliphatic heterocycles. The lowest BCUT2D eigenvalue weighted by Gasteiger charge is -2.16. The van der Waals surface area contributed by atoms with Crippen LogP contribution < -0.4 is 0 Å². The van der Waals surface area contributed by atoms with Crippen LogP contribution in [-0.2, 0) is 4.74 Å². The van der Waals surface area contributed by atoms with Gasteiger partial charge in [-0.25, -0.2) is 0 Å². The van der Waals surface area contributed by atoms with Crippen LogP contribution in [0, 0.1) is 0 Å². The van der Waals surface area contributed by atoms with Crippen molar-refractivity contribution in [1.29, 1.82) is 0 Å². The maximum atomic E-state index is 5.29. The van der Waals surface area contributed by atoms with E-state index in [-0.39, 0.29) is 0 Å². The minimum atomic E-state index is 0.881. The van der Waals surface area contributed by atoms with Crippen molar-refractivity contribution in [2.45, 2.75) is 19.8 Å². The van der Waals surface area contributed by atoms with Gasteiger partial charge in [0.1, 0.15) is 5.76 Å². The molecule has 0 heterocycles. The summed E-state index contributed by atoms with van der Waals surface area (Å²) < 4.78 is 5.29. The zero-order valence-electron chi connectivity index (χ0n) is 9.66. The highest BCUT2D eigenvalue weighted by Crippen LogP contribution is 2.25. The Kier molecular flexibility index (Phi) is 4.16. The molecule has 0 aromatic carbocycles. The van der Waals surface area contributed by atoms with Crippen LogP contribution in [0.3, 0.4) is 0 Å². The maximum absolute atomic E-state index is 5.29. The Morgan fingerprint density at radius 1 is 1.67 bits per heavy atom. The van der Waals surface area contributed by atoms with Crippen molar-refractivity contribution in [3.05, 3.63) is 35.3 Å². The second kappa shape index (κ2) is 5.39. The second-order valence-electron chi connectivity index (χ2n) is 3.42. The summed E-state index contributed by atoms with van der Waals surface area (Å²) in [5.74, 6) is 0.990. The van der Waals surface area contributed by atoms with Gasteiger partial charge >= 0.3 is 0 Å². The van der Waals surface area contributed by atoms with E-state index in [2.05, 4.69) is 30.9 Å². The van der Waals surface area contributed by atoms with Crippen LogP contribution in [0.25, 0.3) is 0 Å². The van der Waals surface area contributed by atoms with E-state index >= 15 is 0 Å². The fourth-order valence-corrected chi connectivity index (χ4v) is 1.56. The van der Waals surface area contributed by atoms with Crippen LogP contribution in [0.4, 0.5) is 0 Å². The van der Waals surface area contributed by atoms with Gasteiger partial charge in [-0.3, -0.25) is 5.01 Å². The molecule has 15 heavy (non-hydrogen) atoms. The number of allylic oxidation sites excluding steroid dienone is 4. The topological polar surface area (TPSA) is 24.8 Å². The van der Waals surface area contributed by atoms with Crippen molar-refractivity contribution >= 4 is 6.72 Å². The number of methoxy groups -OCH3 is 1. The monoisotopic (exact) mass is 206 g/mol. The zero-order valence-corrected chi connectivity index (χ0v) is 9.66. The molecule has 0 aromatic heterocycles. The fraction of sp³-hybridized carbons (Fsp3) is 0.417. The standard InChI is InChI=1S/C12H18N2O/c1-5-11-8-10(9-14(3)13-2)6-7-12(11)15-4/h7-9H,2,5-6H2,1,3-4H3/b10-9+. The molecule has 0 saturated carbocycles. The molecule has 0 saturated heterocycles. The van der Waals surface area contributed by atoms with E-state index in [9.17, 15) is 0 Å². The van der Waals surface area contributed by atoms with E-state index in [0.29, 0.717) is 0 Å². The Hall–Kier alpha value is -1.51. The van der Waals surface area contributed by atoms with Crippen molar-refractivity contribution in [3.63, 3.8) is 0 Å². The van der Waals surface area contributed by atoms with Crippen molar-refractivity contribution in [2.24, 2.45) is 5.10 Å². The van der Waals surface area contributed by atoms with E-state index in [4.69, 9.17) is 4.74 Å². The van der Waals surface area contributed by atoms with Gasteiger partial charge in [0.25, 0.3) is 0 Å². The molecule has 1 aliphatic rings. The van der Waals surface area contributed by atoms with Gasteiger partial charge < -0.3 is 4.74 Å². The van der Waals surface area contributed by atoms with Crippen LogP contribution in [0.2, 0.25) is 0 Å². The highest BCUT2D eigenvalue weighted by molar-refractivity contribution is 5.40. The number of hydrogen-bond donors (Lipinski definition) is 0. The fourth-order valence-electron chi connectivity index (χ4n) is 1.56. The van der Waals surface area contributed by atoms with Gasteiger partial charge in [0.2, 0.25) is 0 Å². The normalized spacial score (nSPS) is 18.2. The van der Waals surface area contributed by atoms with Crippen molar-refractivity contribution in [3.8, 4) is 0 Å². The summed E-state index contributed by atoms with van der Waals surface area (Å²) in [5, 5.41) is 5.51. The number of hydrogen-bond acceptors (Lipinski definition) is 3. The average molecular weight is 206 g/mol. The summed E-state index contributed by atoms with van der Waals surface area (Å²) in [4.78, 5) is 0. The molecule has 0 amide bonds. The van der Waals surface area contributed by atoms with Gasteiger partial charge in [0, 0.05) is 20.0 Å². The quantitative estimate of drug-likeness (QED) is 0.522. The number of rotatable bonds is 4. The van der Waals surface area contributed by atoms with Gasteiger partial charge in [0.15, 0.2) is 0 Å². The Morgan fingerprint density at radius 3 is 2.93 bits per heavy atom. The first-order valence-electron chi connectivity index (χ1n) is 5.06. The van der Waals surface area contributed by atoms with Crippen LogP contribution in [0.15, 0.2) is 40.4 Å². The van der Waals surface area contributed by atoms with Crippen LogP contribution in [0.1, 0.15) is 19.8 Å². The van der Waals surface area contributed by atoms with Gasteiger partial charge in [-0.1, -0.05) is 13.0 Å². The predicted octanol–water partition coefficient (Wildman–Crippen LogP) is 2.69. The summed E-state index contributed by atoms with van der Waals surface area (Å²) in [6.07, 6.45) is 8.09. The average Bonchev–Trinajstić information content (AvgIpc) is 2.28. The lowest BCUT2D eigenvalue weighted by molar-refractivity contribution is 0.296. The smallest absolute Gasteiger partial charge is 0.118 e. The van der Waals surface area contributed by atoms with Gasteiger partial charge in [0.05, 0.1) is 7.11 Å². The van der Waals surface area contributed by atoms with Crippen molar-refractivity contribution in [1.82, 2.24) is 5.01 Å². The summed E-state index contributed by atoms with van der Waals surface area (Å²) in [6.45, 7) is 5.59. The highest BCUT2D eigenvalue weighted by atomic mass is 16.5. The largest absolute Gasteiger partial charge is 0.497 e. The first kappa shape index (κ1) is 11.6. The van der Waals surface area contributed by atoms with E-state index in [1.807, 2.05) is 13.2 Å². The maximum Gasteiger partial charge on any atom is 0.118 e. The van der Waals surface area contributed by atoms with Gasteiger partial charge in [-0.15, -0.1) is 0 Å². The molecule has 3 nitrogen and oxygen atoms in total. The van der Waals surface area contributed by atoms with Crippen LogP contribution >= 0.6 is 0 Å². The number of nitrogens with zero attached hydrogens (tertiary/aromatic N) is 2. The minimum Gasteiger partial charge on any atom is -0.497 e. The molecule has 82 valence electrons. The molecule has 0 aromatic rings. The third kappa shape index (κ3) is 2.98. The highest BCUT2D eigenvalue weighted by Gasteiger charge is 2.10. The third-order valence-electron chi connectivity index (χ3n) is 2.38. The number of ether oxygens (including phenoxy) is 1. The molecule has 1 rings (SSSR count). The molecule has 0 radical (unpaired) electrons. The van der Waals surface area contributed by atoms with E-state index in [1.165, 1.54) is 11.1 Å². The SMILES string of the molecule is C=NN(C)/C=C1/C=C(CC)C(OC)=CC1. The summed E-state index contributed by atoms with van der Waals surface area (Å²) in [7, 11) is 3.58. The van der Waals surface area contributed by atoms with E-state index in [1.54, 1.807) is 12.1 Å². The molecule has 1 aliphatic carbocycles.